The number of ether oxygens (including phenoxy) is 1. The highest BCUT2D eigenvalue weighted by molar-refractivity contribution is 7.80. The van der Waals surface area contributed by atoms with Crippen LogP contribution >= 0.6 is 12.2 Å². The van der Waals surface area contributed by atoms with E-state index in [9.17, 15) is 0 Å². The Morgan fingerprint density at radius 1 is 1.08 bits per heavy atom. The Hall–Kier alpha value is -1.95. The van der Waals surface area contributed by atoms with Crippen molar-refractivity contribution in [2.75, 3.05) is 32.8 Å². The average Bonchev–Trinajstić information content (AvgIpc) is 2.68. The first-order valence-electron chi connectivity index (χ1n) is 9.27. The summed E-state index contributed by atoms with van der Waals surface area (Å²) in [7, 11) is 0. The molecule has 138 valence electrons. The SMILES string of the molecule is Cc1ccc([C@H](C[NH+]2CCOCC2)NC(=S)NCc2ccccc2)cc1. The largest absolute Gasteiger partial charge is 0.370 e. The highest BCUT2D eigenvalue weighted by Gasteiger charge is 2.22. The molecule has 5 heteroatoms. The summed E-state index contributed by atoms with van der Waals surface area (Å²) in [6.45, 7) is 7.63. The summed E-state index contributed by atoms with van der Waals surface area (Å²) >= 11 is 5.57. The molecule has 3 rings (SSSR count). The average molecular weight is 371 g/mol. The van der Waals surface area contributed by atoms with Gasteiger partial charge in [0.1, 0.15) is 25.7 Å². The summed E-state index contributed by atoms with van der Waals surface area (Å²) < 4.78 is 5.49. The van der Waals surface area contributed by atoms with Gasteiger partial charge >= 0.3 is 0 Å². The van der Waals surface area contributed by atoms with Gasteiger partial charge in [-0.15, -0.1) is 0 Å². The topological polar surface area (TPSA) is 37.7 Å². The standard InChI is InChI=1S/C21H27N3OS/c1-17-7-9-19(10-8-17)20(16-24-11-13-25-14-12-24)23-21(26)22-15-18-5-3-2-4-6-18/h2-10,20H,11-16H2,1H3,(H2,22,23,26)/p+1/t20-/m0/s1. The predicted octanol–water partition coefficient (Wildman–Crippen LogP) is 1.62. The molecule has 0 spiro atoms. The normalized spacial score (nSPS) is 16.0. The number of hydrogen-bond acceptors (Lipinski definition) is 2. The van der Waals surface area contributed by atoms with E-state index in [0.717, 1.165) is 39.4 Å². The number of nitrogens with one attached hydrogen (secondary N) is 3. The van der Waals surface area contributed by atoms with Crippen LogP contribution in [0.3, 0.4) is 0 Å². The number of rotatable bonds is 6. The fraction of sp³-hybridized carbons (Fsp3) is 0.381. The van der Waals surface area contributed by atoms with E-state index in [-0.39, 0.29) is 6.04 Å². The molecular formula is C21H28N3OS+. The molecule has 1 atom stereocenters. The van der Waals surface area contributed by atoms with Gasteiger partial charge < -0.3 is 20.3 Å². The van der Waals surface area contributed by atoms with E-state index < -0.39 is 0 Å². The second-order valence-electron chi connectivity index (χ2n) is 6.84. The molecule has 2 aromatic rings. The molecule has 1 fully saturated rings. The zero-order chi connectivity index (χ0) is 18.2. The van der Waals surface area contributed by atoms with Crippen molar-refractivity contribution in [2.24, 2.45) is 0 Å². The third-order valence-corrected chi connectivity index (χ3v) is 5.04. The Bertz CT molecular complexity index is 684. The molecule has 2 aromatic carbocycles. The van der Waals surface area contributed by atoms with Crippen molar-refractivity contribution in [3.05, 3.63) is 71.3 Å². The molecule has 1 saturated heterocycles. The first kappa shape index (κ1) is 18.8. The molecule has 0 unspecified atom stereocenters. The molecular weight excluding hydrogens is 342 g/mol. The molecule has 26 heavy (non-hydrogen) atoms. The Morgan fingerprint density at radius 2 is 1.77 bits per heavy atom. The smallest absolute Gasteiger partial charge is 0.167 e. The minimum atomic E-state index is 0.194. The van der Waals surface area contributed by atoms with E-state index in [4.69, 9.17) is 17.0 Å². The van der Waals surface area contributed by atoms with Gasteiger partial charge in [0.2, 0.25) is 0 Å². The fourth-order valence-corrected chi connectivity index (χ4v) is 3.41. The lowest BCUT2D eigenvalue weighted by Crippen LogP contribution is -3.14. The summed E-state index contributed by atoms with van der Waals surface area (Å²) in [6, 6.07) is 19.3. The van der Waals surface area contributed by atoms with Crippen molar-refractivity contribution in [2.45, 2.75) is 19.5 Å². The Kier molecular flexibility index (Phi) is 7.00. The monoisotopic (exact) mass is 370 g/mol. The number of benzene rings is 2. The number of hydrogen-bond donors (Lipinski definition) is 3. The second-order valence-corrected chi connectivity index (χ2v) is 7.25. The summed E-state index contributed by atoms with van der Waals surface area (Å²) in [5.74, 6) is 0. The van der Waals surface area contributed by atoms with Crippen LogP contribution < -0.4 is 15.5 Å². The van der Waals surface area contributed by atoms with Gasteiger partial charge in [-0.2, -0.15) is 0 Å². The lowest BCUT2D eigenvalue weighted by atomic mass is 10.0. The number of thiocarbonyl (C=S) groups is 1. The van der Waals surface area contributed by atoms with E-state index in [0.29, 0.717) is 5.11 Å². The van der Waals surface area contributed by atoms with E-state index in [1.807, 2.05) is 18.2 Å². The third kappa shape index (κ3) is 5.80. The van der Waals surface area contributed by atoms with E-state index in [1.54, 1.807) is 4.90 Å². The Morgan fingerprint density at radius 3 is 2.46 bits per heavy atom. The molecule has 0 aromatic heterocycles. The Balaban J connectivity index is 1.62. The van der Waals surface area contributed by atoms with Gasteiger partial charge in [-0.3, -0.25) is 0 Å². The molecule has 3 N–H and O–H groups in total. The molecule has 1 aliphatic rings. The van der Waals surface area contributed by atoms with Crippen molar-refractivity contribution in [1.82, 2.24) is 10.6 Å². The predicted molar refractivity (Wildman–Crippen MR) is 109 cm³/mol. The second kappa shape index (κ2) is 9.67. The first-order chi connectivity index (χ1) is 12.7. The maximum atomic E-state index is 5.57. The third-order valence-electron chi connectivity index (χ3n) is 4.77. The van der Waals surface area contributed by atoms with Crippen molar-refractivity contribution in [3.63, 3.8) is 0 Å². The van der Waals surface area contributed by atoms with E-state index in [1.165, 1.54) is 16.7 Å². The van der Waals surface area contributed by atoms with Crippen LogP contribution in [0.15, 0.2) is 54.6 Å². The van der Waals surface area contributed by atoms with Crippen LogP contribution in [-0.4, -0.2) is 38.0 Å². The van der Waals surface area contributed by atoms with Gasteiger partial charge in [0.05, 0.1) is 13.2 Å². The first-order valence-corrected chi connectivity index (χ1v) is 9.68. The van der Waals surface area contributed by atoms with Gasteiger partial charge in [-0.1, -0.05) is 60.2 Å². The van der Waals surface area contributed by atoms with Crippen molar-refractivity contribution < 1.29 is 9.64 Å². The zero-order valence-electron chi connectivity index (χ0n) is 15.3. The molecule has 0 saturated carbocycles. The van der Waals surface area contributed by atoms with Crippen LogP contribution in [0.2, 0.25) is 0 Å². The molecule has 1 heterocycles. The minimum absolute atomic E-state index is 0.194. The van der Waals surface area contributed by atoms with E-state index >= 15 is 0 Å². The van der Waals surface area contributed by atoms with Gasteiger partial charge in [0.25, 0.3) is 0 Å². The molecule has 0 radical (unpaired) electrons. The number of morpholine rings is 1. The lowest BCUT2D eigenvalue weighted by molar-refractivity contribution is -0.909. The summed E-state index contributed by atoms with van der Waals surface area (Å²) in [6.07, 6.45) is 0. The minimum Gasteiger partial charge on any atom is -0.370 e. The maximum Gasteiger partial charge on any atom is 0.167 e. The summed E-state index contributed by atoms with van der Waals surface area (Å²) in [4.78, 5) is 1.56. The van der Waals surface area contributed by atoms with Gasteiger partial charge in [-0.25, -0.2) is 0 Å². The van der Waals surface area contributed by atoms with Crippen LogP contribution in [0.4, 0.5) is 0 Å². The number of quaternary nitrogens is 1. The molecule has 0 bridgehead atoms. The number of aryl methyl sites for hydroxylation is 1. The van der Waals surface area contributed by atoms with Crippen molar-refractivity contribution in [3.8, 4) is 0 Å². The lowest BCUT2D eigenvalue weighted by Gasteiger charge is -2.29. The fourth-order valence-electron chi connectivity index (χ4n) is 3.19. The Labute approximate surface area is 161 Å². The van der Waals surface area contributed by atoms with Crippen LogP contribution in [0.5, 0.6) is 0 Å². The van der Waals surface area contributed by atoms with E-state index in [2.05, 4.69) is 54.0 Å². The summed E-state index contributed by atoms with van der Waals surface area (Å²) in [5.41, 5.74) is 3.77. The maximum absolute atomic E-state index is 5.57. The van der Waals surface area contributed by atoms with Crippen molar-refractivity contribution >= 4 is 17.3 Å². The quantitative estimate of drug-likeness (QED) is 0.676. The van der Waals surface area contributed by atoms with Crippen LogP contribution in [0.1, 0.15) is 22.7 Å². The van der Waals surface area contributed by atoms with Crippen molar-refractivity contribution in [1.29, 1.82) is 0 Å². The summed E-state index contributed by atoms with van der Waals surface area (Å²) in [5, 5.41) is 7.56. The van der Waals surface area contributed by atoms with Crippen LogP contribution in [-0.2, 0) is 11.3 Å². The molecule has 0 amide bonds. The molecule has 0 aliphatic carbocycles. The van der Waals surface area contributed by atoms with Crippen LogP contribution in [0.25, 0.3) is 0 Å². The highest BCUT2D eigenvalue weighted by atomic mass is 32.1. The van der Waals surface area contributed by atoms with Gasteiger partial charge in [0, 0.05) is 6.54 Å². The highest BCUT2D eigenvalue weighted by Crippen LogP contribution is 2.13. The zero-order valence-corrected chi connectivity index (χ0v) is 16.1. The molecule has 1 aliphatic heterocycles. The van der Waals surface area contributed by atoms with Gasteiger partial charge in [0.15, 0.2) is 5.11 Å². The molecule has 4 nitrogen and oxygen atoms in total. The van der Waals surface area contributed by atoms with Gasteiger partial charge in [-0.05, 0) is 30.3 Å². The van der Waals surface area contributed by atoms with Crippen LogP contribution in [0, 0.1) is 6.92 Å².